The van der Waals surface area contributed by atoms with Crippen molar-refractivity contribution >= 4 is 11.0 Å². The monoisotopic (exact) mass is 273 g/mol. The molecule has 0 unspecified atom stereocenters. The van der Waals surface area contributed by atoms with Gasteiger partial charge in [-0.05, 0) is 37.7 Å². The molecule has 1 heterocycles. The number of aromatic nitrogens is 2. The van der Waals surface area contributed by atoms with Crippen LogP contribution < -0.4 is 5.69 Å². The average molecular weight is 273 g/mol. The highest BCUT2D eigenvalue weighted by Gasteiger charge is 2.23. The number of hydrogen-bond donors (Lipinski definition) is 1. The summed E-state index contributed by atoms with van der Waals surface area (Å²) in [5.41, 5.74) is 0.842. The van der Waals surface area contributed by atoms with Crippen LogP contribution in [0.2, 0.25) is 0 Å². The lowest BCUT2D eigenvalue weighted by Crippen LogP contribution is -2.25. The van der Waals surface area contributed by atoms with Gasteiger partial charge in [-0.3, -0.25) is 4.57 Å². The maximum absolute atomic E-state index is 13.8. The molecule has 1 aromatic carbocycles. The van der Waals surface area contributed by atoms with E-state index in [9.17, 15) is 9.18 Å². The Morgan fingerprint density at radius 2 is 2.05 bits per heavy atom. The Bertz CT molecular complexity index is 745. The van der Waals surface area contributed by atoms with Crippen molar-refractivity contribution in [3.05, 3.63) is 34.0 Å². The number of benzene rings is 1. The number of rotatable bonds is 1. The number of nitrogens with one attached hydrogen (secondary N) is 1. The van der Waals surface area contributed by atoms with Gasteiger partial charge in [0.1, 0.15) is 11.9 Å². The van der Waals surface area contributed by atoms with Gasteiger partial charge in [0.15, 0.2) is 0 Å². The molecule has 0 amide bonds. The van der Waals surface area contributed by atoms with Crippen LogP contribution in [0.15, 0.2) is 16.9 Å². The largest absolute Gasteiger partial charge is 0.326 e. The number of nitrogens with zero attached hydrogens (tertiary/aromatic N) is 2. The second-order valence-corrected chi connectivity index (χ2v) is 5.67. The summed E-state index contributed by atoms with van der Waals surface area (Å²) in [5.74, 6) is 0.117. The number of fused-ring (bicyclic) bond motifs is 1. The number of aromatic amines is 1. The van der Waals surface area contributed by atoms with Crippen molar-refractivity contribution in [2.75, 3.05) is 0 Å². The Morgan fingerprint density at radius 1 is 1.35 bits per heavy atom. The zero-order chi connectivity index (χ0) is 14.3. The summed E-state index contributed by atoms with van der Waals surface area (Å²) in [6, 6.07) is 4.63. The standard InChI is InChI=1S/C15H16FN3O/c1-9-2-4-11(5-3-9)19-14-7-12(16)10(8-17)6-13(14)18-15(19)20/h6-7,9,11H,2-5H2,1H3,(H,18,20). The first kappa shape index (κ1) is 12.9. The quantitative estimate of drug-likeness (QED) is 0.867. The second-order valence-electron chi connectivity index (χ2n) is 5.67. The maximum Gasteiger partial charge on any atom is 0.326 e. The summed E-state index contributed by atoms with van der Waals surface area (Å²) in [4.78, 5) is 14.9. The molecule has 1 saturated carbocycles. The fraction of sp³-hybridized carbons (Fsp3) is 0.467. The molecule has 3 rings (SSSR count). The molecule has 0 atom stereocenters. The van der Waals surface area contributed by atoms with Gasteiger partial charge < -0.3 is 4.98 Å². The van der Waals surface area contributed by atoms with Crippen LogP contribution in [0, 0.1) is 23.1 Å². The summed E-state index contributed by atoms with van der Waals surface area (Å²) >= 11 is 0. The van der Waals surface area contributed by atoms with E-state index in [1.165, 1.54) is 12.1 Å². The summed E-state index contributed by atoms with van der Waals surface area (Å²) in [7, 11) is 0. The lowest BCUT2D eigenvalue weighted by atomic mass is 9.87. The molecular weight excluding hydrogens is 257 g/mol. The molecule has 5 heteroatoms. The number of hydrogen-bond acceptors (Lipinski definition) is 2. The Hall–Kier alpha value is -2.09. The summed E-state index contributed by atoms with van der Waals surface area (Å²) in [6.07, 6.45) is 4.05. The zero-order valence-electron chi connectivity index (χ0n) is 11.3. The third-order valence-electron chi connectivity index (χ3n) is 4.28. The molecule has 20 heavy (non-hydrogen) atoms. The highest BCUT2D eigenvalue weighted by Crippen LogP contribution is 2.32. The van der Waals surface area contributed by atoms with Crippen LogP contribution in [-0.4, -0.2) is 9.55 Å². The first-order chi connectivity index (χ1) is 9.60. The van der Waals surface area contributed by atoms with E-state index < -0.39 is 5.82 Å². The Morgan fingerprint density at radius 3 is 2.70 bits per heavy atom. The van der Waals surface area contributed by atoms with Crippen LogP contribution in [-0.2, 0) is 0 Å². The second kappa shape index (κ2) is 4.78. The fourth-order valence-corrected chi connectivity index (χ4v) is 3.10. The lowest BCUT2D eigenvalue weighted by molar-refractivity contribution is 0.290. The molecule has 1 fully saturated rings. The van der Waals surface area contributed by atoms with E-state index in [0.717, 1.165) is 25.7 Å². The van der Waals surface area contributed by atoms with E-state index in [-0.39, 0.29) is 17.3 Å². The molecule has 0 aliphatic heterocycles. The van der Waals surface area contributed by atoms with E-state index in [2.05, 4.69) is 11.9 Å². The normalized spacial score (nSPS) is 22.9. The third-order valence-corrected chi connectivity index (χ3v) is 4.28. The minimum Gasteiger partial charge on any atom is -0.305 e. The van der Waals surface area contributed by atoms with Crippen molar-refractivity contribution in [2.45, 2.75) is 38.6 Å². The summed E-state index contributed by atoms with van der Waals surface area (Å²) < 4.78 is 15.4. The van der Waals surface area contributed by atoms with Gasteiger partial charge in [0.25, 0.3) is 0 Å². The van der Waals surface area contributed by atoms with Gasteiger partial charge in [-0.2, -0.15) is 5.26 Å². The van der Waals surface area contributed by atoms with Crippen LogP contribution in [0.1, 0.15) is 44.2 Å². The molecule has 104 valence electrons. The van der Waals surface area contributed by atoms with Crippen LogP contribution in [0.5, 0.6) is 0 Å². The predicted octanol–water partition coefficient (Wildman–Crippen LogP) is 3.09. The molecule has 1 N–H and O–H groups in total. The Balaban J connectivity index is 2.12. The Kier molecular flexibility index (Phi) is 3.09. The van der Waals surface area contributed by atoms with E-state index in [1.54, 1.807) is 10.6 Å². The van der Waals surface area contributed by atoms with Gasteiger partial charge in [0.2, 0.25) is 0 Å². The fourth-order valence-electron chi connectivity index (χ4n) is 3.10. The molecule has 0 radical (unpaired) electrons. The maximum atomic E-state index is 13.8. The van der Waals surface area contributed by atoms with Crippen LogP contribution in [0.3, 0.4) is 0 Å². The van der Waals surface area contributed by atoms with Crippen molar-refractivity contribution in [2.24, 2.45) is 5.92 Å². The van der Waals surface area contributed by atoms with Gasteiger partial charge in [0.05, 0.1) is 16.6 Å². The molecule has 1 aromatic heterocycles. The summed E-state index contributed by atoms with van der Waals surface area (Å²) in [5, 5.41) is 8.84. The van der Waals surface area contributed by atoms with Gasteiger partial charge in [-0.1, -0.05) is 6.92 Å². The SMILES string of the molecule is CC1CCC(n2c(=O)[nH]c3cc(C#N)c(F)cc32)CC1. The van der Waals surface area contributed by atoms with Gasteiger partial charge in [-0.25, -0.2) is 9.18 Å². The molecule has 1 aliphatic carbocycles. The average Bonchev–Trinajstić information content (AvgIpc) is 2.74. The molecule has 2 aromatic rings. The van der Waals surface area contributed by atoms with E-state index in [1.807, 2.05) is 0 Å². The predicted molar refractivity (Wildman–Crippen MR) is 73.9 cm³/mol. The van der Waals surface area contributed by atoms with E-state index >= 15 is 0 Å². The molecule has 0 spiro atoms. The highest BCUT2D eigenvalue weighted by atomic mass is 19.1. The molecule has 0 bridgehead atoms. The molecule has 0 saturated heterocycles. The first-order valence-electron chi connectivity index (χ1n) is 6.94. The van der Waals surface area contributed by atoms with Crippen molar-refractivity contribution in [3.8, 4) is 6.07 Å². The topological polar surface area (TPSA) is 61.6 Å². The van der Waals surface area contributed by atoms with Crippen molar-refractivity contribution in [1.82, 2.24) is 9.55 Å². The minimum atomic E-state index is -0.572. The van der Waals surface area contributed by atoms with Gasteiger partial charge >= 0.3 is 5.69 Å². The van der Waals surface area contributed by atoms with E-state index in [4.69, 9.17) is 5.26 Å². The number of H-pyrrole nitrogens is 1. The molecule has 4 nitrogen and oxygen atoms in total. The smallest absolute Gasteiger partial charge is 0.305 e. The van der Waals surface area contributed by atoms with E-state index in [0.29, 0.717) is 17.0 Å². The zero-order valence-corrected chi connectivity index (χ0v) is 11.3. The van der Waals surface area contributed by atoms with Crippen molar-refractivity contribution in [3.63, 3.8) is 0 Å². The highest BCUT2D eigenvalue weighted by molar-refractivity contribution is 5.77. The Labute approximate surface area is 115 Å². The summed E-state index contributed by atoms with van der Waals surface area (Å²) in [6.45, 7) is 2.22. The van der Waals surface area contributed by atoms with Crippen LogP contribution >= 0.6 is 0 Å². The van der Waals surface area contributed by atoms with Crippen molar-refractivity contribution < 1.29 is 4.39 Å². The third kappa shape index (κ3) is 2.01. The number of nitriles is 1. The first-order valence-corrected chi connectivity index (χ1v) is 6.94. The van der Waals surface area contributed by atoms with Crippen molar-refractivity contribution in [1.29, 1.82) is 5.26 Å². The van der Waals surface area contributed by atoms with Gasteiger partial charge in [0, 0.05) is 12.1 Å². The molecule has 1 aliphatic rings. The van der Waals surface area contributed by atoms with Gasteiger partial charge in [-0.15, -0.1) is 0 Å². The number of imidazole rings is 1. The van der Waals surface area contributed by atoms with Crippen LogP contribution in [0.25, 0.3) is 11.0 Å². The lowest BCUT2D eigenvalue weighted by Gasteiger charge is -2.27. The molecular formula is C15H16FN3O. The number of halogens is 1. The van der Waals surface area contributed by atoms with Crippen LogP contribution in [0.4, 0.5) is 4.39 Å². The minimum absolute atomic E-state index is 0.0387.